The van der Waals surface area contributed by atoms with Crippen molar-refractivity contribution in [3.05, 3.63) is 16.1 Å². The van der Waals surface area contributed by atoms with Crippen molar-refractivity contribution < 1.29 is 0 Å². The van der Waals surface area contributed by atoms with Crippen LogP contribution in [0.4, 0.5) is 0 Å². The second-order valence-electron chi connectivity index (χ2n) is 3.96. The molecular weight excluding hydrogens is 194 g/mol. The largest absolute Gasteiger partial charge is 0.316 e. The van der Waals surface area contributed by atoms with Gasteiger partial charge in [-0.1, -0.05) is 0 Å². The normalized spacial score (nSPS) is 19.3. The van der Waals surface area contributed by atoms with Crippen LogP contribution in [0.2, 0.25) is 0 Å². The molecule has 1 aliphatic rings. The first kappa shape index (κ1) is 10.1. The predicted molar refractivity (Wildman–Crippen MR) is 59.6 cm³/mol. The molecule has 4 heteroatoms. The SMILES string of the molecule is Cc1cnc(C(C)NCC2CNC2)s1. The first-order valence-electron chi connectivity index (χ1n) is 5.12. The Morgan fingerprint density at radius 1 is 1.71 bits per heavy atom. The van der Waals surface area contributed by atoms with E-state index in [2.05, 4.69) is 29.5 Å². The summed E-state index contributed by atoms with van der Waals surface area (Å²) in [5.74, 6) is 0.818. The van der Waals surface area contributed by atoms with Gasteiger partial charge in [-0.25, -0.2) is 4.98 Å². The maximum absolute atomic E-state index is 4.38. The van der Waals surface area contributed by atoms with Gasteiger partial charge in [-0.3, -0.25) is 0 Å². The Morgan fingerprint density at radius 2 is 2.50 bits per heavy atom. The molecule has 0 bridgehead atoms. The van der Waals surface area contributed by atoms with Gasteiger partial charge >= 0.3 is 0 Å². The molecule has 14 heavy (non-hydrogen) atoms. The van der Waals surface area contributed by atoms with Crippen LogP contribution in [0.3, 0.4) is 0 Å². The second kappa shape index (κ2) is 4.38. The molecule has 1 aromatic rings. The molecule has 2 N–H and O–H groups in total. The lowest BCUT2D eigenvalue weighted by atomic mass is 10.0. The summed E-state index contributed by atoms with van der Waals surface area (Å²) in [6, 6.07) is 0.397. The molecule has 1 unspecified atom stereocenters. The van der Waals surface area contributed by atoms with Gasteiger partial charge in [0, 0.05) is 30.7 Å². The molecule has 0 saturated carbocycles. The number of aromatic nitrogens is 1. The lowest BCUT2D eigenvalue weighted by molar-refractivity contribution is 0.320. The summed E-state index contributed by atoms with van der Waals surface area (Å²) in [7, 11) is 0. The summed E-state index contributed by atoms with van der Waals surface area (Å²) in [5, 5.41) is 8.00. The maximum Gasteiger partial charge on any atom is 0.109 e. The smallest absolute Gasteiger partial charge is 0.109 e. The number of hydrogen-bond acceptors (Lipinski definition) is 4. The van der Waals surface area contributed by atoms with Gasteiger partial charge in [0.25, 0.3) is 0 Å². The van der Waals surface area contributed by atoms with Gasteiger partial charge in [-0.05, 0) is 19.8 Å². The number of nitrogens with zero attached hydrogens (tertiary/aromatic N) is 1. The lowest BCUT2D eigenvalue weighted by Gasteiger charge is -2.28. The van der Waals surface area contributed by atoms with E-state index in [-0.39, 0.29) is 0 Å². The summed E-state index contributed by atoms with van der Waals surface area (Å²) >= 11 is 1.78. The van der Waals surface area contributed by atoms with Crippen LogP contribution in [-0.4, -0.2) is 24.6 Å². The Kier molecular flexibility index (Phi) is 3.15. The van der Waals surface area contributed by atoms with E-state index >= 15 is 0 Å². The number of hydrogen-bond donors (Lipinski definition) is 2. The predicted octanol–water partition coefficient (Wildman–Crippen LogP) is 1.32. The third-order valence-electron chi connectivity index (χ3n) is 2.59. The highest BCUT2D eigenvalue weighted by molar-refractivity contribution is 7.11. The van der Waals surface area contributed by atoms with Crippen LogP contribution in [-0.2, 0) is 0 Å². The summed E-state index contributed by atoms with van der Waals surface area (Å²) in [4.78, 5) is 5.67. The Labute approximate surface area is 88.9 Å². The molecule has 1 fully saturated rings. The molecule has 0 amide bonds. The van der Waals surface area contributed by atoms with Gasteiger partial charge in [-0.15, -0.1) is 11.3 Å². The van der Waals surface area contributed by atoms with Crippen molar-refractivity contribution in [3.63, 3.8) is 0 Å². The van der Waals surface area contributed by atoms with Crippen molar-refractivity contribution in [3.8, 4) is 0 Å². The molecule has 0 aromatic carbocycles. The molecule has 2 rings (SSSR count). The molecule has 1 saturated heterocycles. The lowest BCUT2D eigenvalue weighted by Crippen LogP contribution is -2.47. The van der Waals surface area contributed by atoms with Crippen LogP contribution in [0.1, 0.15) is 22.9 Å². The second-order valence-corrected chi connectivity index (χ2v) is 5.23. The molecule has 2 heterocycles. The van der Waals surface area contributed by atoms with Crippen molar-refractivity contribution >= 4 is 11.3 Å². The molecule has 0 radical (unpaired) electrons. The van der Waals surface area contributed by atoms with E-state index in [0.29, 0.717) is 6.04 Å². The number of nitrogens with one attached hydrogen (secondary N) is 2. The van der Waals surface area contributed by atoms with Gasteiger partial charge < -0.3 is 10.6 Å². The van der Waals surface area contributed by atoms with E-state index in [4.69, 9.17) is 0 Å². The molecule has 1 aliphatic heterocycles. The average molecular weight is 211 g/mol. The fourth-order valence-corrected chi connectivity index (χ4v) is 2.30. The van der Waals surface area contributed by atoms with Gasteiger partial charge in [0.2, 0.25) is 0 Å². The number of thiazole rings is 1. The van der Waals surface area contributed by atoms with Crippen LogP contribution in [0, 0.1) is 12.8 Å². The van der Waals surface area contributed by atoms with E-state index in [0.717, 1.165) is 25.6 Å². The van der Waals surface area contributed by atoms with Crippen molar-refractivity contribution in [2.45, 2.75) is 19.9 Å². The quantitative estimate of drug-likeness (QED) is 0.789. The molecule has 1 atom stereocenters. The van der Waals surface area contributed by atoms with Crippen molar-refractivity contribution in [2.24, 2.45) is 5.92 Å². The minimum absolute atomic E-state index is 0.397. The minimum Gasteiger partial charge on any atom is -0.316 e. The van der Waals surface area contributed by atoms with Crippen LogP contribution < -0.4 is 10.6 Å². The summed E-state index contributed by atoms with van der Waals surface area (Å²) in [6.07, 6.45) is 1.95. The zero-order valence-electron chi connectivity index (χ0n) is 8.71. The van der Waals surface area contributed by atoms with E-state index in [9.17, 15) is 0 Å². The third-order valence-corrected chi connectivity index (χ3v) is 3.68. The van der Waals surface area contributed by atoms with Gasteiger partial charge in [0.05, 0.1) is 6.04 Å². The van der Waals surface area contributed by atoms with Crippen molar-refractivity contribution in [1.82, 2.24) is 15.6 Å². The zero-order valence-corrected chi connectivity index (χ0v) is 9.53. The van der Waals surface area contributed by atoms with Gasteiger partial charge in [-0.2, -0.15) is 0 Å². The molecular formula is C10H17N3S. The first-order valence-corrected chi connectivity index (χ1v) is 5.94. The summed E-state index contributed by atoms with van der Waals surface area (Å²) < 4.78 is 0. The van der Waals surface area contributed by atoms with E-state index in [1.54, 1.807) is 11.3 Å². The highest BCUT2D eigenvalue weighted by Crippen LogP contribution is 2.19. The molecule has 0 aliphatic carbocycles. The van der Waals surface area contributed by atoms with Crippen molar-refractivity contribution in [1.29, 1.82) is 0 Å². The molecule has 3 nitrogen and oxygen atoms in total. The molecule has 1 aromatic heterocycles. The number of rotatable bonds is 4. The van der Waals surface area contributed by atoms with E-state index < -0.39 is 0 Å². The Balaban J connectivity index is 1.79. The molecule has 0 spiro atoms. The van der Waals surface area contributed by atoms with Crippen LogP contribution in [0.5, 0.6) is 0 Å². The molecule has 78 valence electrons. The highest BCUT2D eigenvalue weighted by atomic mass is 32.1. The van der Waals surface area contributed by atoms with E-state index in [1.165, 1.54) is 9.88 Å². The standard InChI is InChI=1S/C10H17N3S/c1-7-3-13-10(14-7)8(2)12-6-9-4-11-5-9/h3,8-9,11-12H,4-6H2,1-2H3. The van der Waals surface area contributed by atoms with E-state index in [1.807, 2.05) is 6.20 Å². The fourth-order valence-electron chi connectivity index (χ4n) is 1.50. The number of aryl methyl sites for hydroxylation is 1. The monoisotopic (exact) mass is 211 g/mol. The maximum atomic E-state index is 4.38. The highest BCUT2D eigenvalue weighted by Gasteiger charge is 2.18. The van der Waals surface area contributed by atoms with Crippen LogP contribution in [0.15, 0.2) is 6.20 Å². The first-order chi connectivity index (χ1) is 6.75. The minimum atomic E-state index is 0.397. The average Bonchev–Trinajstić information content (AvgIpc) is 2.49. The topological polar surface area (TPSA) is 37.0 Å². The van der Waals surface area contributed by atoms with Crippen molar-refractivity contribution in [2.75, 3.05) is 19.6 Å². The Hall–Kier alpha value is -0.450. The third kappa shape index (κ3) is 2.32. The summed E-state index contributed by atoms with van der Waals surface area (Å²) in [5.41, 5.74) is 0. The van der Waals surface area contributed by atoms with Crippen LogP contribution in [0.25, 0.3) is 0 Å². The zero-order chi connectivity index (χ0) is 9.97. The van der Waals surface area contributed by atoms with Gasteiger partial charge in [0.1, 0.15) is 5.01 Å². The summed E-state index contributed by atoms with van der Waals surface area (Å²) in [6.45, 7) is 7.72. The Morgan fingerprint density at radius 3 is 3.00 bits per heavy atom. The fraction of sp³-hybridized carbons (Fsp3) is 0.700. The van der Waals surface area contributed by atoms with Crippen LogP contribution >= 0.6 is 11.3 Å². The Bertz CT molecular complexity index is 293. The van der Waals surface area contributed by atoms with Gasteiger partial charge in [0.15, 0.2) is 0 Å².